The topological polar surface area (TPSA) is 13.1 Å². The molecule has 0 radical (unpaired) electrons. The largest absolute Gasteiger partial charge is 0.314 e. The summed E-state index contributed by atoms with van der Waals surface area (Å²) in [7, 11) is 0. The fraction of sp³-hybridized carbons (Fsp3) is 0.0833. The molecule has 0 atom stereocenters. The van der Waals surface area contributed by atoms with Crippen molar-refractivity contribution in [3.63, 3.8) is 0 Å². The van der Waals surface area contributed by atoms with Crippen molar-refractivity contribution in [1.82, 2.24) is 9.13 Å². The van der Waals surface area contributed by atoms with E-state index in [4.69, 9.17) is 0 Å². The zero-order valence-corrected chi connectivity index (χ0v) is 28.4. The molecule has 3 nitrogen and oxygen atoms in total. The number of allylic oxidation sites excluding steroid dienone is 5. The number of anilines is 2. The molecule has 2 aromatic heterocycles. The number of fused-ring (bicyclic) bond motifs is 6. The van der Waals surface area contributed by atoms with Gasteiger partial charge < -0.3 is 14.0 Å². The fourth-order valence-corrected chi connectivity index (χ4v) is 8.39. The maximum absolute atomic E-state index is 2.49. The minimum Gasteiger partial charge on any atom is -0.314 e. The molecule has 0 saturated heterocycles. The SMILES string of the molecule is C1=CCCC(N(c2ccccc2)c2ccc3c(c2)c2c(-c4ccc5c6c(n(-c7ccccc7)c5c4)CCC=C6)cccc2n3-c2ccccc2)=C1. The molecule has 2 heterocycles. The Kier molecular flexibility index (Phi) is 7.09. The number of hydrogen-bond donors (Lipinski definition) is 0. The van der Waals surface area contributed by atoms with E-state index in [1.165, 1.54) is 77.9 Å². The fourth-order valence-electron chi connectivity index (χ4n) is 8.39. The molecular formula is C48H37N3. The molecule has 2 aliphatic rings. The average Bonchev–Trinajstić information content (AvgIpc) is 3.72. The van der Waals surface area contributed by atoms with E-state index in [-0.39, 0.29) is 0 Å². The van der Waals surface area contributed by atoms with Crippen LogP contribution in [0.3, 0.4) is 0 Å². The van der Waals surface area contributed by atoms with Gasteiger partial charge >= 0.3 is 0 Å². The maximum Gasteiger partial charge on any atom is 0.0547 e. The Hall–Kier alpha value is -6.32. The standard InChI is InChI=1S/C48H37N3/c1-5-16-35(17-6-1)49(36-18-7-2-8-19-36)39-29-31-45-43(33-39)48-40(25-15-27-46(48)50(45)37-20-9-3-10-21-37)34-28-30-42-41-24-13-14-26-44(41)51(47(42)32-34)38-22-11-4-12-23-38/h1-7,9-13,15-18,20-25,27-33H,8,14,19,26H2. The molecule has 10 rings (SSSR count). The highest BCUT2D eigenvalue weighted by Gasteiger charge is 2.23. The number of rotatable bonds is 6. The molecule has 0 aliphatic heterocycles. The average molecular weight is 656 g/mol. The van der Waals surface area contributed by atoms with Gasteiger partial charge in [-0.25, -0.2) is 0 Å². The van der Waals surface area contributed by atoms with Crippen LogP contribution in [0.25, 0.3) is 61.3 Å². The molecule has 0 amide bonds. The Labute approximate surface area is 298 Å². The molecule has 0 N–H and O–H groups in total. The lowest BCUT2D eigenvalue weighted by atomic mass is 9.97. The molecule has 51 heavy (non-hydrogen) atoms. The van der Waals surface area contributed by atoms with Gasteiger partial charge in [0.05, 0.1) is 16.6 Å². The quantitative estimate of drug-likeness (QED) is 0.174. The van der Waals surface area contributed by atoms with Crippen molar-refractivity contribution in [2.24, 2.45) is 0 Å². The highest BCUT2D eigenvalue weighted by Crippen LogP contribution is 2.43. The van der Waals surface area contributed by atoms with Crippen LogP contribution in [0.1, 0.15) is 30.5 Å². The summed E-state index contributed by atoms with van der Waals surface area (Å²) >= 11 is 0. The summed E-state index contributed by atoms with van der Waals surface area (Å²) in [5.41, 5.74) is 14.9. The minimum absolute atomic E-state index is 1.00. The van der Waals surface area contributed by atoms with Crippen molar-refractivity contribution in [2.45, 2.75) is 25.7 Å². The summed E-state index contributed by atoms with van der Waals surface area (Å²) in [6, 6.07) is 53.4. The van der Waals surface area contributed by atoms with Crippen molar-refractivity contribution < 1.29 is 0 Å². The maximum atomic E-state index is 2.49. The molecule has 0 bridgehead atoms. The van der Waals surface area contributed by atoms with Crippen LogP contribution in [0.2, 0.25) is 0 Å². The molecule has 3 heteroatoms. The van der Waals surface area contributed by atoms with E-state index < -0.39 is 0 Å². The first-order chi connectivity index (χ1) is 25.3. The second-order valence-corrected chi connectivity index (χ2v) is 13.6. The summed E-state index contributed by atoms with van der Waals surface area (Å²) in [6.07, 6.45) is 15.5. The first-order valence-electron chi connectivity index (χ1n) is 18.1. The number of aromatic nitrogens is 2. The second-order valence-electron chi connectivity index (χ2n) is 13.6. The van der Waals surface area contributed by atoms with Crippen LogP contribution in [0.4, 0.5) is 11.4 Å². The van der Waals surface area contributed by atoms with Crippen molar-refractivity contribution in [3.05, 3.63) is 187 Å². The molecule has 0 fully saturated rings. The van der Waals surface area contributed by atoms with E-state index >= 15 is 0 Å². The minimum atomic E-state index is 1.00. The van der Waals surface area contributed by atoms with Gasteiger partial charge in [0.15, 0.2) is 0 Å². The Morgan fingerprint density at radius 1 is 0.510 bits per heavy atom. The third-order valence-corrected chi connectivity index (χ3v) is 10.6. The molecule has 8 aromatic rings. The van der Waals surface area contributed by atoms with E-state index in [2.05, 4.69) is 190 Å². The highest BCUT2D eigenvalue weighted by molar-refractivity contribution is 6.17. The van der Waals surface area contributed by atoms with Gasteiger partial charge in [0.1, 0.15) is 0 Å². The van der Waals surface area contributed by atoms with Crippen LogP contribution < -0.4 is 4.90 Å². The number of para-hydroxylation sites is 3. The summed E-state index contributed by atoms with van der Waals surface area (Å²) < 4.78 is 4.93. The molecule has 0 saturated carbocycles. The predicted octanol–water partition coefficient (Wildman–Crippen LogP) is 12.7. The van der Waals surface area contributed by atoms with E-state index in [1.807, 2.05) is 0 Å². The lowest BCUT2D eigenvalue weighted by Gasteiger charge is -2.29. The lowest BCUT2D eigenvalue weighted by Crippen LogP contribution is -2.17. The third-order valence-electron chi connectivity index (χ3n) is 10.6. The molecular weight excluding hydrogens is 619 g/mol. The van der Waals surface area contributed by atoms with Gasteiger partial charge in [0, 0.05) is 55.9 Å². The third kappa shape index (κ3) is 4.88. The van der Waals surface area contributed by atoms with E-state index in [9.17, 15) is 0 Å². The highest BCUT2D eigenvalue weighted by atomic mass is 15.1. The number of nitrogens with zero attached hydrogens (tertiary/aromatic N) is 3. The monoisotopic (exact) mass is 655 g/mol. The van der Waals surface area contributed by atoms with Gasteiger partial charge in [-0.05, 0) is 110 Å². The molecule has 0 spiro atoms. The van der Waals surface area contributed by atoms with Crippen molar-refractivity contribution in [3.8, 4) is 22.5 Å². The number of benzene rings is 6. The Morgan fingerprint density at radius 3 is 2.02 bits per heavy atom. The smallest absolute Gasteiger partial charge is 0.0547 e. The Morgan fingerprint density at radius 2 is 1.25 bits per heavy atom. The van der Waals surface area contributed by atoms with Gasteiger partial charge in [0.25, 0.3) is 0 Å². The van der Waals surface area contributed by atoms with Crippen LogP contribution >= 0.6 is 0 Å². The number of hydrogen-bond acceptors (Lipinski definition) is 1. The normalized spacial score (nSPS) is 13.9. The van der Waals surface area contributed by atoms with Gasteiger partial charge in [0.2, 0.25) is 0 Å². The van der Waals surface area contributed by atoms with Crippen LogP contribution in [0, 0.1) is 0 Å². The predicted molar refractivity (Wildman–Crippen MR) is 215 cm³/mol. The second kappa shape index (κ2) is 12.2. The zero-order chi connectivity index (χ0) is 33.7. The van der Waals surface area contributed by atoms with E-state index in [1.54, 1.807) is 0 Å². The van der Waals surface area contributed by atoms with Crippen LogP contribution in [-0.4, -0.2) is 9.13 Å². The zero-order valence-electron chi connectivity index (χ0n) is 28.4. The summed E-state index contributed by atoms with van der Waals surface area (Å²) in [5, 5.41) is 3.82. The molecule has 244 valence electrons. The van der Waals surface area contributed by atoms with E-state index in [0.29, 0.717) is 0 Å². The first-order valence-corrected chi connectivity index (χ1v) is 18.1. The Balaban J connectivity index is 1.25. The van der Waals surface area contributed by atoms with Crippen molar-refractivity contribution in [1.29, 1.82) is 0 Å². The van der Waals surface area contributed by atoms with Gasteiger partial charge in [-0.2, -0.15) is 0 Å². The Bertz CT molecular complexity index is 2670. The summed E-state index contributed by atoms with van der Waals surface area (Å²) in [5.74, 6) is 0. The first kappa shape index (κ1) is 29.6. The van der Waals surface area contributed by atoms with Crippen LogP contribution in [0.15, 0.2) is 176 Å². The lowest BCUT2D eigenvalue weighted by molar-refractivity contribution is 0.888. The van der Waals surface area contributed by atoms with Crippen molar-refractivity contribution in [2.75, 3.05) is 4.90 Å². The van der Waals surface area contributed by atoms with E-state index in [0.717, 1.165) is 31.4 Å². The van der Waals surface area contributed by atoms with Gasteiger partial charge in [-0.15, -0.1) is 0 Å². The van der Waals surface area contributed by atoms with Crippen molar-refractivity contribution >= 4 is 50.2 Å². The molecule has 0 unspecified atom stereocenters. The summed E-state index contributed by atoms with van der Waals surface area (Å²) in [6.45, 7) is 0. The van der Waals surface area contributed by atoms with Gasteiger partial charge in [-0.3, -0.25) is 0 Å². The molecule has 6 aromatic carbocycles. The summed E-state index contributed by atoms with van der Waals surface area (Å²) in [4.78, 5) is 2.44. The van der Waals surface area contributed by atoms with Gasteiger partial charge in [-0.1, -0.05) is 103 Å². The molecule has 2 aliphatic carbocycles. The van der Waals surface area contributed by atoms with Crippen LogP contribution in [-0.2, 0) is 6.42 Å². The van der Waals surface area contributed by atoms with Crippen LogP contribution in [0.5, 0.6) is 0 Å².